The molecule has 1 saturated heterocycles. The molecule has 0 bridgehead atoms. The molecule has 3 aromatic rings. The van der Waals surface area contributed by atoms with Crippen molar-refractivity contribution in [2.24, 2.45) is 0 Å². The van der Waals surface area contributed by atoms with E-state index in [-0.39, 0.29) is 28.0 Å². The Balaban J connectivity index is 1.59. The fraction of sp³-hybridized carbons (Fsp3) is 0.238. The van der Waals surface area contributed by atoms with E-state index in [4.69, 9.17) is 23.6 Å². The lowest BCUT2D eigenvalue weighted by Gasteiger charge is -2.38. The summed E-state index contributed by atoms with van der Waals surface area (Å²) >= 11 is 0. The van der Waals surface area contributed by atoms with Crippen molar-refractivity contribution in [2.75, 3.05) is 0 Å². The molecular weight excluding hydrogens is 492 g/mol. The highest BCUT2D eigenvalue weighted by atomic mass is 32.3. The van der Waals surface area contributed by atoms with Crippen molar-refractivity contribution in [3.05, 3.63) is 59.0 Å². The number of carboxylic acids is 1. The normalized spacial score (nSPS) is 24.7. The maximum Gasteiger partial charge on any atom is 0.446 e. The predicted molar refractivity (Wildman–Crippen MR) is 115 cm³/mol. The van der Waals surface area contributed by atoms with Crippen LogP contribution in [0.5, 0.6) is 11.5 Å². The molecule has 0 spiro atoms. The number of carboxylic acid groups (broad SMARTS) is 1. The van der Waals surface area contributed by atoms with Gasteiger partial charge in [-0.15, -0.1) is 0 Å². The smallest absolute Gasteiger partial charge is 0.446 e. The Morgan fingerprint density at radius 1 is 0.943 bits per heavy atom. The number of aliphatic carboxylic acids is 1. The molecule has 0 amide bonds. The Kier molecular flexibility index (Phi) is 6.50. The van der Waals surface area contributed by atoms with E-state index in [1.165, 1.54) is 42.5 Å². The number of fused-ring (bicyclic) bond motifs is 1. The summed E-state index contributed by atoms with van der Waals surface area (Å²) in [6, 6.07) is 9.20. The summed E-state index contributed by atoms with van der Waals surface area (Å²) in [7, 11) is -4.70. The van der Waals surface area contributed by atoms with Crippen LogP contribution in [0.4, 0.5) is 0 Å². The number of carbonyl (C=O) groups is 1. The lowest BCUT2D eigenvalue weighted by molar-refractivity contribution is -0.271. The summed E-state index contributed by atoms with van der Waals surface area (Å²) in [5, 5.41) is 39.0. The molecular formula is C21H18O13S. The Bertz CT molecular complexity index is 1410. The van der Waals surface area contributed by atoms with Crippen LogP contribution in [0.2, 0.25) is 0 Å². The van der Waals surface area contributed by atoms with E-state index in [1.54, 1.807) is 0 Å². The Labute approximate surface area is 196 Å². The lowest BCUT2D eigenvalue weighted by atomic mass is 9.99. The number of hydrogen-bond acceptors (Lipinski definition) is 11. The van der Waals surface area contributed by atoms with Crippen LogP contribution >= 0.6 is 0 Å². The fourth-order valence-electron chi connectivity index (χ4n) is 3.48. The zero-order valence-electron chi connectivity index (χ0n) is 17.4. The van der Waals surface area contributed by atoms with Gasteiger partial charge in [-0.05, 0) is 29.8 Å². The monoisotopic (exact) mass is 510 g/mol. The Morgan fingerprint density at radius 2 is 1.60 bits per heavy atom. The average molecular weight is 510 g/mol. The van der Waals surface area contributed by atoms with Gasteiger partial charge in [0.1, 0.15) is 41.7 Å². The number of hydrogen-bond donors (Lipinski definition) is 5. The second-order valence-electron chi connectivity index (χ2n) is 7.52. The molecule has 0 aliphatic carbocycles. The molecule has 1 fully saturated rings. The highest BCUT2D eigenvalue weighted by Crippen LogP contribution is 2.28. The molecule has 0 saturated carbocycles. The zero-order valence-corrected chi connectivity index (χ0v) is 18.2. The quantitative estimate of drug-likeness (QED) is 0.275. The maximum atomic E-state index is 12.9. The SMILES string of the molecule is O=C(O)[C@H]1OC(Oc2ccc3c(=O)c(-c4ccc(OS(=O)(=O)O)cc4)coc3c2)[C@H](O)[C@@H](O)[C@@H]1O. The summed E-state index contributed by atoms with van der Waals surface area (Å²) in [6.07, 6.45) is -7.80. The van der Waals surface area contributed by atoms with Gasteiger partial charge >= 0.3 is 16.4 Å². The molecule has 186 valence electrons. The standard InChI is InChI=1S/C21H18O13S/c22-15-12-6-5-11(32-21-18(25)16(23)17(24)19(33-21)20(26)27)7-14(12)31-8-13(15)9-1-3-10(4-2-9)34-35(28,29)30/h1-8,16-19,21,23-25H,(H,26,27)(H,28,29,30)/t16-,17-,18+,19-,21?/m0/s1. The predicted octanol–water partition coefficient (Wildman–Crippen LogP) is -0.0874. The van der Waals surface area contributed by atoms with E-state index in [9.17, 15) is 33.3 Å². The molecule has 14 heteroatoms. The molecule has 35 heavy (non-hydrogen) atoms. The van der Waals surface area contributed by atoms with Gasteiger partial charge < -0.3 is 38.5 Å². The molecule has 4 rings (SSSR count). The highest BCUT2D eigenvalue weighted by molar-refractivity contribution is 7.81. The summed E-state index contributed by atoms with van der Waals surface area (Å²) in [5.41, 5.74) is 0.134. The van der Waals surface area contributed by atoms with Gasteiger partial charge in [0.05, 0.1) is 10.9 Å². The van der Waals surface area contributed by atoms with Gasteiger partial charge in [-0.25, -0.2) is 4.79 Å². The van der Waals surface area contributed by atoms with E-state index in [2.05, 4.69) is 4.18 Å². The van der Waals surface area contributed by atoms with E-state index in [1.807, 2.05) is 0 Å². The third kappa shape index (κ3) is 5.12. The Hall–Kier alpha value is -3.53. The van der Waals surface area contributed by atoms with Gasteiger partial charge in [0.15, 0.2) is 11.5 Å². The minimum absolute atomic E-state index is 0.0110. The van der Waals surface area contributed by atoms with Crippen LogP contribution in [-0.4, -0.2) is 70.1 Å². The van der Waals surface area contributed by atoms with Gasteiger partial charge in [-0.2, -0.15) is 8.42 Å². The van der Waals surface area contributed by atoms with Gasteiger partial charge in [0.2, 0.25) is 6.29 Å². The second kappa shape index (κ2) is 9.26. The fourth-order valence-corrected chi connectivity index (χ4v) is 3.83. The van der Waals surface area contributed by atoms with Crippen molar-refractivity contribution < 1.29 is 56.3 Å². The number of aliphatic hydroxyl groups is 3. The lowest BCUT2D eigenvalue weighted by Crippen LogP contribution is -2.61. The first-order chi connectivity index (χ1) is 16.4. The minimum atomic E-state index is -4.70. The van der Waals surface area contributed by atoms with E-state index in [0.29, 0.717) is 5.56 Å². The van der Waals surface area contributed by atoms with Crippen molar-refractivity contribution in [3.8, 4) is 22.6 Å². The van der Waals surface area contributed by atoms with Crippen LogP contribution in [0.1, 0.15) is 0 Å². The molecule has 13 nitrogen and oxygen atoms in total. The van der Waals surface area contributed by atoms with Crippen LogP contribution in [0.3, 0.4) is 0 Å². The van der Waals surface area contributed by atoms with Gasteiger partial charge in [-0.1, -0.05) is 12.1 Å². The van der Waals surface area contributed by atoms with Crippen LogP contribution in [0, 0.1) is 0 Å². The topological polar surface area (TPSA) is 210 Å². The van der Waals surface area contributed by atoms with Crippen molar-refractivity contribution in [3.63, 3.8) is 0 Å². The number of benzene rings is 2. The molecule has 1 unspecified atom stereocenters. The van der Waals surface area contributed by atoms with Gasteiger partial charge in [0.25, 0.3) is 0 Å². The molecule has 2 heterocycles. The van der Waals surface area contributed by atoms with Crippen LogP contribution in [-0.2, 0) is 19.9 Å². The molecule has 0 radical (unpaired) electrons. The van der Waals surface area contributed by atoms with E-state index >= 15 is 0 Å². The van der Waals surface area contributed by atoms with Crippen molar-refractivity contribution >= 4 is 27.3 Å². The second-order valence-corrected chi connectivity index (χ2v) is 8.55. The third-order valence-electron chi connectivity index (χ3n) is 5.18. The Morgan fingerprint density at radius 3 is 2.23 bits per heavy atom. The van der Waals surface area contributed by atoms with E-state index in [0.717, 1.165) is 6.26 Å². The maximum absolute atomic E-state index is 12.9. The molecule has 1 aliphatic rings. The third-order valence-corrected chi connectivity index (χ3v) is 5.58. The van der Waals surface area contributed by atoms with Crippen LogP contribution in [0.25, 0.3) is 22.1 Å². The molecule has 1 aliphatic heterocycles. The van der Waals surface area contributed by atoms with Crippen LogP contribution < -0.4 is 14.3 Å². The number of rotatable bonds is 6. The summed E-state index contributed by atoms with van der Waals surface area (Å²) in [5.74, 6) is -1.72. The van der Waals surface area contributed by atoms with E-state index < -0.39 is 52.5 Å². The summed E-state index contributed by atoms with van der Waals surface area (Å²) in [6.45, 7) is 0. The first kappa shape index (κ1) is 24.6. The molecule has 2 aromatic carbocycles. The first-order valence-corrected chi connectivity index (χ1v) is 11.2. The van der Waals surface area contributed by atoms with Crippen molar-refractivity contribution in [1.29, 1.82) is 0 Å². The van der Waals surface area contributed by atoms with Crippen molar-refractivity contribution in [2.45, 2.75) is 30.7 Å². The summed E-state index contributed by atoms with van der Waals surface area (Å²) < 4.78 is 50.6. The number of ether oxygens (including phenoxy) is 2. The van der Waals surface area contributed by atoms with Gasteiger partial charge in [-0.3, -0.25) is 9.35 Å². The van der Waals surface area contributed by atoms with Gasteiger partial charge in [0, 0.05) is 6.07 Å². The molecule has 5 N–H and O–H groups in total. The van der Waals surface area contributed by atoms with Crippen LogP contribution in [0.15, 0.2) is 57.9 Å². The first-order valence-electron chi connectivity index (χ1n) is 9.86. The minimum Gasteiger partial charge on any atom is -0.479 e. The zero-order chi connectivity index (χ0) is 25.5. The summed E-state index contributed by atoms with van der Waals surface area (Å²) in [4.78, 5) is 24.2. The molecule has 5 atom stereocenters. The molecule has 1 aromatic heterocycles. The van der Waals surface area contributed by atoms with Crippen molar-refractivity contribution in [1.82, 2.24) is 0 Å². The number of aliphatic hydroxyl groups excluding tert-OH is 3. The highest BCUT2D eigenvalue weighted by Gasteiger charge is 2.48. The average Bonchev–Trinajstić information content (AvgIpc) is 2.79. The largest absolute Gasteiger partial charge is 0.479 e.